The van der Waals surface area contributed by atoms with Crippen molar-refractivity contribution in [2.75, 3.05) is 5.32 Å². The summed E-state index contributed by atoms with van der Waals surface area (Å²) in [7, 11) is 0. The minimum Gasteiger partial charge on any atom is -0.327 e. The van der Waals surface area contributed by atoms with Crippen LogP contribution in [-0.4, -0.2) is 11.9 Å². The van der Waals surface area contributed by atoms with Crippen molar-refractivity contribution < 1.29 is 4.79 Å². The molecule has 1 amide bonds. The van der Waals surface area contributed by atoms with Crippen molar-refractivity contribution in [2.45, 2.75) is 33.2 Å². The lowest BCUT2D eigenvalue weighted by Gasteiger charge is -2.12. The summed E-state index contributed by atoms with van der Waals surface area (Å²) in [6, 6.07) is 5.84. The zero-order chi connectivity index (χ0) is 11.4. The van der Waals surface area contributed by atoms with Crippen LogP contribution < -0.4 is 11.1 Å². The number of para-hydroxylation sites is 1. The molecule has 1 atom stereocenters. The predicted octanol–water partition coefficient (Wildman–Crippen LogP) is 1.98. The average molecular weight is 206 g/mol. The fourth-order valence-corrected chi connectivity index (χ4v) is 1.49. The van der Waals surface area contributed by atoms with Gasteiger partial charge < -0.3 is 11.1 Å². The van der Waals surface area contributed by atoms with Crippen molar-refractivity contribution in [3.05, 3.63) is 29.3 Å². The predicted molar refractivity (Wildman–Crippen MR) is 62.8 cm³/mol. The highest BCUT2D eigenvalue weighted by molar-refractivity contribution is 5.92. The van der Waals surface area contributed by atoms with Gasteiger partial charge in [-0.25, -0.2) is 0 Å². The van der Waals surface area contributed by atoms with Gasteiger partial charge in [0.2, 0.25) is 5.91 Å². The Hall–Kier alpha value is -1.35. The highest BCUT2D eigenvalue weighted by Crippen LogP contribution is 2.19. The SMILES string of the molecule is Cc1cccc(C)c1NC(=O)CC(C)N. The summed E-state index contributed by atoms with van der Waals surface area (Å²) in [5.74, 6) is -0.0256. The van der Waals surface area contributed by atoms with Crippen LogP contribution >= 0.6 is 0 Å². The van der Waals surface area contributed by atoms with E-state index in [1.807, 2.05) is 39.0 Å². The molecular formula is C12H18N2O. The van der Waals surface area contributed by atoms with Crippen LogP contribution in [0.3, 0.4) is 0 Å². The summed E-state index contributed by atoms with van der Waals surface area (Å²) in [4.78, 5) is 11.5. The van der Waals surface area contributed by atoms with Crippen molar-refractivity contribution in [1.82, 2.24) is 0 Å². The van der Waals surface area contributed by atoms with E-state index in [1.165, 1.54) is 0 Å². The van der Waals surface area contributed by atoms with Crippen molar-refractivity contribution >= 4 is 11.6 Å². The van der Waals surface area contributed by atoms with Crippen LogP contribution in [0.4, 0.5) is 5.69 Å². The van der Waals surface area contributed by atoms with Crippen molar-refractivity contribution in [1.29, 1.82) is 0 Å². The summed E-state index contributed by atoms with van der Waals surface area (Å²) in [5.41, 5.74) is 8.62. The number of carbonyl (C=O) groups excluding carboxylic acids is 1. The van der Waals surface area contributed by atoms with Gasteiger partial charge in [0.1, 0.15) is 0 Å². The van der Waals surface area contributed by atoms with Gasteiger partial charge in [0.25, 0.3) is 0 Å². The maximum atomic E-state index is 11.5. The van der Waals surface area contributed by atoms with Crippen LogP contribution in [0, 0.1) is 13.8 Å². The number of aryl methyl sites for hydroxylation is 2. The topological polar surface area (TPSA) is 55.1 Å². The van der Waals surface area contributed by atoms with E-state index in [9.17, 15) is 4.79 Å². The van der Waals surface area contributed by atoms with Gasteiger partial charge >= 0.3 is 0 Å². The number of nitrogens with one attached hydrogen (secondary N) is 1. The molecule has 0 spiro atoms. The largest absolute Gasteiger partial charge is 0.327 e. The van der Waals surface area contributed by atoms with Gasteiger partial charge in [-0.1, -0.05) is 18.2 Å². The third-order valence-corrected chi connectivity index (χ3v) is 2.25. The Morgan fingerprint density at radius 3 is 2.40 bits per heavy atom. The first-order valence-corrected chi connectivity index (χ1v) is 5.12. The Morgan fingerprint density at radius 2 is 1.93 bits per heavy atom. The Labute approximate surface area is 90.7 Å². The molecule has 3 heteroatoms. The zero-order valence-corrected chi connectivity index (χ0v) is 9.50. The average Bonchev–Trinajstić information content (AvgIpc) is 2.10. The normalized spacial score (nSPS) is 12.3. The summed E-state index contributed by atoms with van der Waals surface area (Å²) in [6.45, 7) is 5.78. The second kappa shape index (κ2) is 4.94. The second-order valence-electron chi connectivity index (χ2n) is 4.00. The molecule has 0 radical (unpaired) electrons. The summed E-state index contributed by atoms with van der Waals surface area (Å²) < 4.78 is 0. The molecule has 1 rings (SSSR count). The fraction of sp³-hybridized carbons (Fsp3) is 0.417. The van der Waals surface area contributed by atoms with Gasteiger partial charge in [-0.2, -0.15) is 0 Å². The first-order chi connectivity index (χ1) is 7.00. The Kier molecular flexibility index (Phi) is 3.86. The minimum atomic E-state index is -0.102. The van der Waals surface area contributed by atoms with E-state index in [1.54, 1.807) is 0 Å². The lowest BCUT2D eigenvalue weighted by atomic mass is 10.1. The lowest BCUT2D eigenvalue weighted by Crippen LogP contribution is -2.24. The van der Waals surface area contributed by atoms with Gasteiger partial charge in [0.05, 0.1) is 0 Å². The maximum Gasteiger partial charge on any atom is 0.225 e. The number of amides is 1. The number of hydrogen-bond acceptors (Lipinski definition) is 2. The molecule has 82 valence electrons. The second-order valence-corrected chi connectivity index (χ2v) is 4.00. The summed E-state index contributed by atoms with van der Waals surface area (Å²) in [5, 5.41) is 2.89. The van der Waals surface area contributed by atoms with E-state index in [-0.39, 0.29) is 11.9 Å². The van der Waals surface area contributed by atoms with Crippen LogP contribution in [0.5, 0.6) is 0 Å². The van der Waals surface area contributed by atoms with Gasteiger partial charge in [-0.3, -0.25) is 4.79 Å². The van der Waals surface area contributed by atoms with E-state index < -0.39 is 0 Å². The fourth-order valence-electron chi connectivity index (χ4n) is 1.49. The molecule has 1 aromatic rings. The first-order valence-electron chi connectivity index (χ1n) is 5.12. The number of benzene rings is 1. The number of carbonyl (C=O) groups is 1. The molecule has 1 unspecified atom stereocenters. The summed E-state index contributed by atoms with van der Waals surface area (Å²) >= 11 is 0. The van der Waals surface area contributed by atoms with Crippen LogP contribution in [0.15, 0.2) is 18.2 Å². The van der Waals surface area contributed by atoms with Gasteiger partial charge in [0, 0.05) is 18.2 Å². The van der Waals surface area contributed by atoms with Crippen molar-refractivity contribution in [2.24, 2.45) is 5.73 Å². The molecule has 0 aliphatic rings. The van der Waals surface area contributed by atoms with Crippen molar-refractivity contribution in [3.8, 4) is 0 Å². The van der Waals surface area contributed by atoms with Crippen LogP contribution in [0.25, 0.3) is 0 Å². The molecule has 3 nitrogen and oxygen atoms in total. The highest BCUT2D eigenvalue weighted by atomic mass is 16.1. The Morgan fingerprint density at radius 1 is 1.40 bits per heavy atom. The summed E-state index contributed by atoms with van der Waals surface area (Å²) in [6.07, 6.45) is 0.355. The Balaban J connectivity index is 2.76. The molecule has 0 aliphatic carbocycles. The molecule has 0 aliphatic heterocycles. The molecule has 3 N–H and O–H groups in total. The minimum absolute atomic E-state index is 0.0256. The first kappa shape index (κ1) is 11.7. The van der Waals surface area contributed by atoms with E-state index >= 15 is 0 Å². The smallest absolute Gasteiger partial charge is 0.225 e. The number of rotatable bonds is 3. The van der Waals surface area contributed by atoms with Crippen LogP contribution in [-0.2, 0) is 4.79 Å². The Bertz CT molecular complexity index is 338. The zero-order valence-electron chi connectivity index (χ0n) is 9.50. The molecule has 15 heavy (non-hydrogen) atoms. The molecule has 0 saturated carbocycles. The third-order valence-electron chi connectivity index (χ3n) is 2.25. The quantitative estimate of drug-likeness (QED) is 0.794. The molecule has 0 heterocycles. The molecule has 0 aromatic heterocycles. The third kappa shape index (κ3) is 3.36. The maximum absolute atomic E-state index is 11.5. The van der Waals surface area contributed by atoms with E-state index in [4.69, 9.17) is 5.73 Å². The van der Waals surface area contributed by atoms with Crippen LogP contribution in [0.2, 0.25) is 0 Å². The number of nitrogens with two attached hydrogens (primary N) is 1. The van der Waals surface area contributed by atoms with Gasteiger partial charge in [-0.15, -0.1) is 0 Å². The molecule has 1 aromatic carbocycles. The monoisotopic (exact) mass is 206 g/mol. The lowest BCUT2D eigenvalue weighted by molar-refractivity contribution is -0.116. The standard InChI is InChI=1S/C12H18N2O/c1-8-5-4-6-9(2)12(8)14-11(15)7-10(3)13/h4-6,10H,7,13H2,1-3H3,(H,14,15). The van der Waals surface area contributed by atoms with E-state index in [2.05, 4.69) is 5.32 Å². The molecule has 0 fully saturated rings. The highest BCUT2D eigenvalue weighted by Gasteiger charge is 2.08. The number of hydrogen-bond donors (Lipinski definition) is 2. The van der Waals surface area contributed by atoms with Gasteiger partial charge in [-0.05, 0) is 31.9 Å². The molecule has 0 saturated heterocycles. The van der Waals surface area contributed by atoms with Crippen molar-refractivity contribution in [3.63, 3.8) is 0 Å². The van der Waals surface area contributed by atoms with Crippen LogP contribution in [0.1, 0.15) is 24.5 Å². The van der Waals surface area contributed by atoms with Gasteiger partial charge in [0.15, 0.2) is 0 Å². The molecular weight excluding hydrogens is 188 g/mol. The van der Waals surface area contributed by atoms with E-state index in [0.29, 0.717) is 6.42 Å². The van der Waals surface area contributed by atoms with E-state index in [0.717, 1.165) is 16.8 Å². The number of anilines is 1. The molecule has 0 bridgehead atoms.